The summed E-state index contributed by atoms with van der Waals surface area (Å²) in [6.07, 6.45) is 4.41. The second-order valence-electron chi connectivity index (χ2n) is 5.37. The first-order valence-corrected chi connectivity index (χ1v) is 8.19. The molecule has 0 radical (unpaired) electrons. The average molecular weight is 318 g/mol. The number of hydrogen-bond acceptors (Lipinski definition) is 3. The third-order valence-electron chi connectivity index (χ3n) is 3.13. The summed E-state index contributed by atoms with van der Waals surface area (Å²) in [5.41, 5.74) is 1.96. The van der Waals surface area contributed by atoms with E-state index in [1.807, 2.05) is 30.5 Å². The molecule has 0 aliphatic heterocycles. The molecule has 5 nitrogen and oxygen atoms in total. The quantitative estimate of drug-likeness (QED) is 0.800. The number of para-hydroxylation sites is 1. The number of amides is 2. The predicted octanol–water partition coefficient (Wildman–Crippen LogP) is 3.62. The van der Waals surface area contributed by atoms with Crippen molar-refractivity contribution in [2.75, 3.05) is 18.9 Å². The third kappa shape index (κ3) is 4.80. The Hall–Kier alpha value is -1.95. The van der Waals surface area contributed by atoms with Crippen LogP contribution in [0.4, 0.5) is 10.5 Å². The van der Waals surface area contributed by atoms with E-state index in [9.17, 15) is 4.79 Å². The number of thioether (sulfide) groups is 1. The molecule has 0 saturated heterocycles. The molecule has 2 amide bonds. The van der Waals surface area contributed by atoms with Crippen LogP contribution in [0.15, 0.2) is 41.6 Å². The van der Waals surface area contributed by atoms with Gasteiger partial charge in [0.15, 0.2) is 0 Å². The van der Waals surface area contributed by atoms with Gasteiger partial charge in [0.05, 0.1) is 11.9 Å². The molecule has 0 aliphatic rings. The Labute approximate surface area is 135 Å². The Morgan fingerprint density at radius 3 is 2.86 bits per heavy atom. The predicted molar refractivity (Wildman–Crippen MR) is 91.4 cm³/mol. The largest absolute Gasteiger partial charge is 0.327 e. The molecule has 118 valence electrons. The van der Waals surface area contributed by atoms with E-state index in [1.165, 1.54) is 0 Å². The van der Waals surface area contributed by atoms with Crippen LogP contribution in [0.25, 0.3) is 0 Å². The number of hydrogen-bond donors (Lipinski definition) is 2. The highest BCUT2D eigenvalue weighted by Crippen LogP contribution is 2.30. The Balaban J connectivity index is 1.93. The number of nitrogens with zero attached hydrogens (tertiary/aromatic N) is 2. The van der Waals surface area contributed by atoms with Crippen molar-refractivity contribution in [3.63, 3.8) is 0 Å². The summed E-state index contributed by atoms with van der Waals surface area (Å²) in [6, 6.07) is 7.80. The van der Waals surface area contributed by atoms with E-state index >= 15 is 0 Å². The minimum Gasteiger partial charge on any atom is -0.327 e. The van der Waals surface area contributed by atoms with Gasteiger partial charge in [-0.15, -0.1) is 11.8 Å². The molecule has 0 bridgehead atoms. The van der Waals surface area contributed by atoms with Crippen molar-refractivity contribution in [1.82, 2.24) is 15.1 Å². The molecule has 22 heavy (non-hydrogen) atoms. The maximum Gasteiger partial charge on any atom is 0.321 e. The molecule has 1 aromatic heterocycles. The van der Waals surface area contributed by atoms with Crippen LogP contribution in [0.3, 0.4) is 0 Å². The van der Waals surface area contributed by atoms with Gasteiger partial charge in [-0.2, -0.15) is 5.10 Å². The van der Waals surface area contributed by atoms with Crippen molar-refractivity contribution in [3.05, 3.63) is 42.2 Å². The Morgan fingerprint density at radius 2 is 2.18 bits per heavy atom. The van der Waals surface area contributed by atoms with Crippen molar-refractivity contribution in [2.45, 2.75) is 30.4 Å². The first-order valence-electron chi connectivity index (χ1n) is 7.31. The lowest BCUT2D eigenvalue weighted by Crippen LogP contribution is -2.33. The van der Waals surface area contributed by atoms with Crippen LogP contribution in [0.1, 0.15) is 19.4 Å². The first kappa shape index (κ1) is 16.4. The van der Waals surface area contributed by atoms with Crippen LogP contribution in [0.5, 0.6) is 0 Å². The number of nitrogens with one attached hydrogen (secondary N) is 2. The monoisotopic (exact) mass is 318 g/mol. The maximum absolute atomic E-state index is 12.3. The second-order valence-corrected chi connectivity index (χ2v) is 6.99. The van der Waals surface area contributed by atoms with Crippen LogP contribution in [-0.2, 0) is 6.42 Å². The summed E-state index contributed by atoms with van der Waals surface area (Å²) in [6.45, 7) is 4.92. The van der Waals surface area contributed by atoms with Crippen molar-refractivity contribution in [2.24, 2.45) is 0 Å². The molecule has 1 aromatic carbocycles. The van der Waals surface area contributed by atoms with Gasteiger partial charge in [-0.25, -0.2) is 4.79 Å². The summed E-state index contributed by atoms with van der Waals surface area (Å²) >= 11 is 1.74. The highest BCUT2D eigenvalue weighted by atomic mass is 32.2. The molecule has 0 aliphatic carbocycles. The highest BCUT2D eigenvalue weighted by molar-refractivity contribution is 8.00. The normalized spacial score (nSPS) is 10.7. The minimum absolute atomic E-state index is 0.0969. The van der Waals surface area contributed by atoms with Crippen LogP contribution < -0.4 is 5.32 Å². The molecule has 6 heteroatoms. The number of urea groups is 1. The van der Waals surface area contributed by atoms with Crippen LogP contribution in [0.2, 0.25) is 0 Å². The van der Waals surface area contributed by atoms with E-state index in [4.69, 9.17) is 0 Å². The molecule has 2 aromatic rings. The summed E-state index contributed by atoms with van der Waals surface area (Å²) in [7, 11) is 1.80. The molecule has 0 spiro atoms. The molecule has 2 rings (SSSR count). The van der Waals surface area contributed by atoms with Gasteiger partial charge < -0.3 is 10.2 Å². The van der Waals surface area contributed by atoms with Gasteiger partial charge >= 0.3 is 6.03 Å². The van der Waals surface area contributed by atoms with E-state index in [2.05, 4.69) is 29.4 Å². The Morgan fingerprint density at radius 1 is 1.41 bits per heavy atom. The molecule has 0 fully saturated rings. The summed E-state index contributed by atoms with van der Waals surface area (Å²) < 4.78 is 0. The molecule has 2 N–H and O–H groups in total. The first-order chi connectivity index (χ1) is 10.6. The van der Waals surface area contributed by atoms with E-state index < -0.39 is 0 Å². The van der Waals surface area contributed by atoms with Gasteiger partial charge in [-0.1, -0.05) is 26.0 Å². The Kier molecular flexibility index (Phi) is 5.89. The summed E-state index contributed by atoms with van der Waals surface area (Å²) in [5.74, 6) is 0. The lowest BCUT2D eigenvalue weighted by molar-refractivity contribution is 0.223. The van der Waals surface area contributed by atoms with E-state index in [0.717, 1.165) is 22.6 Å². The SMILES string of the molecule is CC(C)Sc1ccccc1NC(=O)N(C)CCc1cn[nH]c1. The second kappa shape index (κ2) is 7.89. The maximum atomic E-state index is 12.3. The lowest BCUT2D eigenvalue weighted by Gasteiger charge is -2.19. The molecule has 0 unspecified atom stereocenters. The standard InChI is InChI=1S/C16H22N4OS/c1-12(2)22-15-7-5-4-6-14(15)19-16(21)20(3)9-8-13-10-17-18-11-13/h4-7,10-12H,8-9H2,1-3H3,(H,17,18)(H,19,21). The zero-order chi connectivity index (χ0) is 15.9. The Bertz CT molecular complexity index is 598. The van der Waals surface area contributed by atoms with Gasteiger partial charge in [-0.05, 0) is 24.1 Å². The van der Waals surface area contributed by atoms with Crippen LogP contribution in [-0.4, -0.2) is 40.0 Å². The van der Waals surface area contributed by atoms with Crippen molar-refractivity contribution in [1.29, 1.82) is 0 Å². The fourth-order valence-electron chi connectivity index (χ4n) is 1.95. The van der Waals surface area contributed by atoms with Gasteiger partial charge in [-0.3, -0.25) is 5.10 Å². The number of benzene rings is 1. The number of carbonyl (C=O) groups is 1. The van der Waals surface area contributed by atoms with E-state index in [0.29, 0.717) is 11.8 Å². The van der Waals surface area contributed by atoms with Gasteiger partial charge in [0.1, 0.15) is 0 Å². The van der Waals surface area contributed by atoms with Gasteiger partial charge in [0.2, 0.25) is 0 Å². The number of likely N-dealkylation sites (N-methyl/N-ethyl adjacent to an activating group) is 1. The summed E-state index contributed by atoms with van der Waals surface area (Å²) in [5, 5.41) is 10.1. The average Bonchev–Trinajstić information content (AvgIpc) is 2.99. The summed E-state index contributed by atoms with van der Waals surface area (Å²) in [4.78, 5) is 15.1. The minimum atomic E-state index is -0.0969. The number of anilines is 1. The fourth-order valence-corrected chi connectivity index (χ4v) is 2.86. The molecule has 0 saturated carbocycles. The van der Waals surface area contributed by atoms with Gasteiger partial charge in [0.25, 0.3) is 0 Å². The van der Waals surface area contributed by atoms with Crippen LogP contribution >= 0.6 is 11.8 Å². The number of aromatic amines is 1. The molecule has 1 heterocycles. The zero-order valence-corrected chi connectivity index (χ0v) is 14.0. The van der Waals surface area contributed by atoms with Crippen LogP contribution in [0, 0.1) is 0 Å². The van der Waals surface area contributed by atoms with Gasteiger partial charge in [0, 0.05) is 29.9 Å². The molecule has 0 atom stereocenters. The van der Waals surface area contributed by atoms with E-state index in [-0.39, 0.29) is 6.03 Å². The van der Waals surface area contributed by atoms with E-state index in [1.54, 1.807) is 29.9 Å². The molecular formula is C16H22N4OS. The zero-order valence-electron chi connectivity index (χ0n) is 13.2. The third-order valence-corrected chi connectivity index (χ3v) is 4.21. The number of carbonyl (C=O) groups excluding carboxylic acids is 1. The fraction of sp³-hybridized carbons (Fsp3) is 0.375. The lowest BCUT2D eigenvalue weighted by atomic mass is 10.2. The van der Waals surface area contributed by atoms with Crippen molar-refractivity contribution in [3.8, 4) is 0 Å². The molecular weight excluding hydrogens is 296 g/mol. The van der Waals surface area contributed by atoms with Crippen molar-refractivity contribution < 1.29 is 4.79 Å². The topological polar surface area (TPSA) is 61.0 Å². The number of rotatable bonds is 6. The smallest absolute Gasteiger partial charge is 0.321 e. The number of aromatic nitrogens is 2. The number of H-pyrrole nitrogens is 1. The highest BCUT2D eigenvalue weighted by Gasteiger charge is 2.12. The van der Waals surface area contributed by atoms with Crippen molar-refractivity contribution >= 4 is 23.5 Å².